The lowest BCUT2D eigenvalue weighted by Gasteiger charge is -2.21. The molecule has 1 aliphatic heterocycles. The van der Waals surface area contributed by atoms with Gasteiger partial charge in [-0.25, -0.2) is 12.7 Å². The molecule has 3 N–H and O–H groups in total. The van der Waals surface area contributed by atoms with Gasteiger partial charge in [0.2, 0.25) is 10.0 Å². The highest BCUT2D eigenvalue weighted by Crippen LogP contribution is 2.27. The number of hydrogen-bond acceptors (Lipinski definition) is 6. The minimum atomic E-state index is -3.43. The number of sulfonamides is 1. The summed E-state index contributed by atoms with van der Waals surface area (Å²) in [5.74, 6) is -1.93. The Hall–Kier alpha value is -1.84. The highest BCUT2D eigenvalue weighted by Gasteiger charge is 2.35. The number of phenols is 2. The van der Waals surface area contributed by atoms with Gasteiger partial charge >= 0.3 is 0 Å². The summed E-state index contributed by atoms with van der Waals surface area (Å²) >= 11 is 0. The standard InChI is InChI=1S/C14H20N2O6S/c1-16(2)23(20,21)8-9-6-22-7-10(9)15-14(19)13-11(17)4-3-5-12(13)18/h3-5,9-10,17-18H,6-8H2,1-2H3,(H,15,19)/t9-,10+/m0/s1. The minimum Gasteiger partial charge on any atom is -0.507 e. The van der Waals surface area contributed by atoms with Crippen LogP contribution in [0.4, 0.5) is 0 Å². The van der Waals surface area contributed by atoms with Crippen LogP contribution in [-0.2, 0) is 14.8 Å². The first kappa shape index (κ1) is 17.5. The van der Waals surface area contributed by atoms with Crippen LogP contribution in [0.2, 0.25) is 0 Å². The topological polar surface area (TPSA) is 116 Å². The number of ether oxygens (including phenoxy) is 1. The van der Waals surface area contributed by atoms with Gasteiger partial charge in [0, 0.05) is 20.0 Å². The van der Waals surface area contributed by atoms with Crippen molar-refractivity contribution >= 4 is 15.9 Å². The Balaban J connectivity index is 2.11. The Morgan fingerprint density at radius 3 is 2.48 bits per heavy atom. The first-order valence-electron chi connectivity index (χ1n) is 7.02. The first-order valence-corrected chi connectivity index (χ1v) is 8.63. The Labute approximate surface area is 134 Å². The third kappa shape index (κ3) is 3.92. The molecule has 128 valence electrons. The SMILES string of the molecule is CN(C)S(=O)(=O)C[C@@H]1COC[C@H]1NC(=O)c1c(O)cccc1O. The molecule has 2 rings (SSSR count). The molecule has 0 aromatic heterocycles. The number of hydrogen-bond donors (Lipinski definition) is 3. The fraction of sp³-hybridized carbons (Fsp3) is 0.500. The molecule has 0 radical (unpaired) electrons. The molecule has 23 heavy (non-hydrogen) atoms. The molecule has 0 unspecified atom stereocenters. The van der Waals surface area contributed by atoms with Crippen LogP contribution in [0.5, 0.6) is 11.5 Å². The van der Waals surface area contributed by atoms with E-state index in [1.54, 1.807) is 0 Å². The number of benzene rings is 1. The average molecular weight is 344 g/mol. The van der Waals surface area contributed by atoms with Gasteiger partial charge in [0.05, 0.1) is 25.0 Å². The third-order valence-corrected chi connectivity index (χ3v) is 5.71. The molecule has 0 aliphatic carbocycles. The van der Waals surface area contributed by atoms with Gasteiger partial charge in [-0.15, -0.1) is 0 Å². The monoisotopic (exact) mass is 344 g/mol. The molecule has 0 saturated carbocycles. The number of nitrogens with one attached hydrogen (secondary N) is 1. The maximum absolute atomic E-state index is 12.2. The largest absolute Gasteiger partial charge is 0.507 e. The Bertz CT molecular complexity index is 668. The van der Waals surface area contributed by atoms with Crippen molar-refractivity contribution in [3.8, 4) is 11.5 Å². The summed E-state index contributed by atoms with van der Waals surface area (Å²) in [5, 5.41) is 22.0. The van der Waals surface area contributed by atoms with E-state index in [-0.39, 0.29) is 36.0 Å². The molecule has 8 nitrogen and oxygen atoms in total. The molecule has 1 heterocycles. The van der Waals surface area contributed by atoms with Gasteiger partial charge in [-0.05, 0) is 12.1 Å². The molecule has 1 aromatic carbocycles. The van der Waals surface area contributed by atoms with Gasteiger partial charge in [-0.2, -0.15) is 0 Å². The normalized spacial score (nSPS) is 21.5. The van der Waals surface area contributed by atoms with Crippen LogP contribution in [0.3, 0.4) is 0 Å². The molecule has 2 atom stereocenters. The number of amides is 1. The Morgan fingerprint density at radius 2 is 1.91 bits per heavy atom. The zero-order valence-corrected chi connectivity index (χ0v) is 13.7. The van der Waals surface area contributed by atoms with Crippen molar-refractivity contribution in [1.82, 2.24) is 9.62 Å². The van der Waals surface area contributed by atoms with Gasteiger partial charge in [-0.1, -0.05) is 6.07 Å². The molecule has 9 heteroatoms. The van der Waals surface area contributed by atoms with Gasteiger partial charge in [-0.3, -0.25) is 4.79 Å². The van der Waals surface area contributed by atoms with E-state index in [0.717, 1.165) is 4.31 Å². The van der Waals surface area contributed by atoms with Crippen LogP contribution in [0.15, 0.2) is 18.2 Å². The van der Waals surface area contributed by atoms with Crippen LogP contribution >= 0.6 is 0 Å². The van der Waals surface area contributed by atoms with Gasteiger partial charge in [0.1, 0.15) is 17.1 Å². The van der Waals surface area contributed by atoms with Crippen molar-refractivity contribution in [3.05, 3.63) is 23.8 Å². The Morgan fingerprint density at radius 1 is 1.30 bits per heavy atom. The maximum atomic E-state index is 12.2. The smallest absolute Gasteiger partial charge is 0.259 e. The van der Waals surface area contributed by atoms with Crippen LogP contribution in [-0.4, -0.2) is 67.9 Å². The third-order valence-electron chi connectivity index (χ3n) is 3.74. The van der Waals surface area contributed by atoms with Crippen molar-refractivity contribution in [3.63, 3.8) is 0 Å². The van der Waals surface area contributed by atoms with Crippen molar-refractivity contribution in [2.24, 2.45) is 5.92 Å². The van der Waals surface area contributed by atoms with Gasteiger partial charge in [0.25, 0.3) is 5.91 Å². The zero-order valence-electron chi connectivity index (χ0n) is 12.9. The summed E-state index contributed by atoms with van der Waals surface area (Å²) in [6.07, 6.45) is 0. The van der Waals surface area contributed by atoms with E-state index in [2.05, 4.69) is 5.32 Å². The average Bonchev–Trinajstić information content (AvgIpc) is 2.84. The molecule has 0 spiro atoms. The molecular weight excluding hydrogens is 324 g/mol. The molecule has 1 aromatic rings. The highest BCUT2D eigenvalue weighted by molar-refractivity contribution is 7.89. The lowest BCUT2D eigenvalue weighted by Crippen LogP contribution is -2.43. The van der Waals surface area contributed by atoms with Crippen molar-refractivity contribution < 1.29 is 28.2 Å². The van der Waals surface area contributed by atoms with Gasteiger partial charge in [0.15, 0.2) is 0 Å². The quantitative estimate of drug-likeness (QED) is 0.677. The summed E-state index contributed by atoms with van der Waals surface area (Å²) in [6.45, 7) is 0.387. The predicted molar refractivity (Wildman–Crippen MR) is 82.8 cm³/mol. The summed E-state index contributed by atoms with van der Waals surface area (Å²) < 4.78 is 30.3. The maximum Gasteiger partial charge on any atom is 0.259 e. The van der Waals surface area contributed by atoms with Crippen LogP contribution in [0.25, 0.3) is 0 Å². The number of rotatable bonds is 5. The summed E-state index contributed by atoms with van der Waals surface area (Å²) in [6, 6.07) is 3.46. The van der Waals surface area contributed by atoms with E-state index in [1.165, 1.54) is 32.3 Å². The molecule has 1 saturated heterocycles. The van der Waals surface area contributed by atoms with E-state index in [9.17, 15) is 23.4 Å². The van der Waals surface area contributed by atoms with E-state index < -0.39 is 27.9 Å². The molecule has 0 bridgehead atoms. The number of carbonyl (C=O) groups excluding carboxylic acids is 1. The van der Waals surface area contributed by atoms with Crippen molar-refractivity contribution in [2.45, 2.75) is 6.04 Å². The number of aromatic hydroxyl groups is 2. The second-order valence-corrected chi connectivity index (χ2v) is 7.84. The van der Waals surface area contributed by atoms with Gasteiger partial charge < -0.3 is 20.3 Å². The summed E-state index contributed by atoms with van der Waals surface area (Å²) in [7, 11) is -0.542. The summed E-state index contributed by atoms with van der Waals surface area (Å²) in [4.78, 5) is 12.2. The lowest BCUT2D eigenvalue weighted by atomic mass is 10.1. The van der Waals surface area contributed by atoms with Crippen LogP contribution in [0, 0.1) is 5.92 Å². The van der Waals surface area contributed by atoms with Crippen molar-refractivity contribution in [1.29, 1.82) is 0 Å². The zero-order chi connectivity index (χ0) is 17.2. The van der Waals surface area contributed by atoms with Crippen LogP contribution in [0.1, 0.15) is 10.4 Å². The molecule has 1 fully saturated rings. The summed E-state index contributed by atoms with van der Waals surface area (Å²) in [5.41, 5.74) is -0.242. The fourth-order valence-electron chi connectivity index (χ4n) is 2.34. The number of nitrogens with zero attached hydrogens (tertiary/aromatic N) is 1. The first-order chi connectivity index (χ1) is 10.7. The number of phenolic OH excluding ortho intramolecular Hbond substituents is 2. The second kappa shape index (κ2) is 6.73. The number of carbonyl (C=O) groups is 1. The molecular formula is C14H20N2O6S. The van der Waals surface area contributed by atoms with E-state index in [4.69, 9.17) is 4.74 Å². The lowest BCUT2D eigenvalue weighted by molar-refractivity contribution is 0.0920. The van der Waals surface area contributed by atoms with E-state index in [0.29, 0.717) is 0 Å². The van der Waals surface area contributed by atoms with Crippen LogP contribution < -0.4 is 5.32 Å². The van der Waals surface area contributed by atoms with Crippen molar-refractivity contribution in [2.75, 3.05) is 33.1 Å². The Kier molecular flexibility index (Phi) is 5.12. The van der Waals surface area contributed by atoms with E-state index >= 15 is 0 Å². The molecule has 1 aliphatic rings. The highest BCUT2D eigenvalue weighted by atomic mass is 32.2. The fourth-order valence-corrected chi connectivity index (χ4v) is 3.51. The predicted octanol–water partition coefficient (Wildman–Crippen LogP) is -0.266. The molecule has 1 amide bonds. The second-order valence-electron chi connectivity index (χ2n) is 5.61. The van der Waals surface area contributed by atoms with E-state index in [1.807, 2.05) is 0 Å². The minimum absolute atomic E-state index is 0.155.